The average Bonchev–Trinajstić information content (AvgIpc) is 3.24. The number of hydrogen-bond acceptors (Lipinski definition) is 7. The van der Waals surface area contributed by atoms with E-state index >= 15 is 0 Å². The van der Waals surface area contributed by atoms with Crippen LogP contribution in [0.4, 0.5) is 47.3 Å². The summed E-state index contributed by atoms with van der Waals surface area (Å²) in [6, 6.07) is 3.81. The number of hydrogen-bond donors (Lipinski definition) is 0. The second kappa shape index (κ2) is 11.6. The highest BCUT2D eigenvalue weighted by Crippen LogP contribution is 2.40. The third-order valence-electron chi connectivity index (χ3n) is 8.00. The van der Waals surface area contributed by atoms with Crippen LogP contribution in [0, 0.1) is 11.3 Å². The van der Waals surface area contributed by atoms with Gasteiger partial charge in [-0.2, -0.15) is 31.6 Å². The minimum Gasteiger partial charge on any atom is -0.306 e. The van der Waals surface area contributed by atoms with Crippen LogP contribution in [0.5, 0.6) is 0 Å². The molecule has 2 aliphatic rings. The summed E-state index contributed by atoms with van der Waals surface area (Å²) in [6.45, 7) is 4.83. The van der Waals surface area contributed by atoms with Gasteiger partial charge in [0.05, 0.1) is 39.0 Å². The molecule has 2 heterocycles. The molecule has 0 unspecified atom stereocenters. The first kappa shape index (κ1) is 35.9. The topological polar surface area (TPSA) is 139 Å². The zero-order valence-corrected chi connectivity index (χ0v) is 26.7. The van der Waals surface area contributed by atoms with Crippen LogP contribution < -0.4 is 9.80 Å². The van der Waals surface area contributed by atoms with Gasteiger partial charge in [-0.3, -0.25) is 9.59 Å². The summed E-state index contributed by atoms with van der Waals surface area (Å²) < 4.78 is 106. The number of urea groups is 2. The van der Waals surface area contributed by atoms with Gasteiger partial charge in [0.15, 0.2) is 9.84 Å². The number of nitriles is 1. The summed E-state index contributed by atoms with van der Waals surface area (Å²) >= 11 is 0. The van der Waals surface area contributed by atoms with Gasteiger partial charge in [-0.25, -0.2) is 27.8 Å². The summed E-state index contributed by atoms with van der Waals surface area (Å²) in [4.78, 5) is 55.2. The zero-order chi connectivity index (χ0) is 36.4. The number of imide groups is 2. The van der Waals surface area contributed by atoms with E-state index in [1.54, 1.807) is 0 Å². The molecular formula is C30H27F6N5O6S. The Labute approximate surface area is 270 Å². The highest BCUT2D eigenvalue weighted by Gasteiger charge is 2.53. The number of carbonyl (C=O) groups excluding carboxylic acids is 4. The molecule has 0 N–H and O–H groups in total. The Morgan fingerprint density at radius 3 is 1.50 bits per heavy atom. The molecule has 0 aliphatic carbocycles. The van der Waals surface area contributed by atoms with Crippen LogP contribution in [0.1, 0.15) is 44.4 Å². The third kappa shape index (κ3) is 6.09. The quantitative estimate of drug-likeness (QED) is 0.216. The first-order chi connectivity index (χ1) is 21.9. The predicted molar refractivity (Wildman–Crippen MR) is 157 cm³/mol. The van der Waals surface area contributed by atoms with Gasteiger partial charge in [0.25, 0.3) is 11.8 Å². The molecule has 2 fully saturated rings. The molecule has 0 spiro atoms. The van der Waals surface area contributed by atoms with Gasteiger partial charge >= 0.3 is 24.4 Å². The number of rotatable bonds is 7. The van der Waals surface area contributed by atoms with Crippen LogP contribution in [0.2, 0.25) is 0 Å². The number of benzene rings is 2. The molecule has 6 amide bonds. The lowest BCUT2D eigenvalue weighted by atomic mass is 10.0. The van der Waals surface area contributed by atoms with Crippen molar-refractivity contribution in [2.24, 2.45) is 0 Å². The molecule has 4 rings (SSSR count). The molecule has 18 heteroatoms. The Balaban J connectivity index is 1.57. The van der Waals surface area contributed by atoms with Gasteiger partial charge in [-0.15, -0.1) is 0 Å². The van der Waals surface area contributed by atoms with E-state index in [-0.39, 0.29) is 13.1 Å². The van der Waals surface area contributed by atoms with Crippen LogP contribution in [-0.2, 0) is 31.8 Å². The minimum absolute atomic E-state index is 0.279. The van der Waals surface area contributed by atoms with Crippen molar-refractivity contribution in [3.8, 4) is 6.07 Å². The van der Waals surface area contributed by atoms with Crippen molar-refractivity contribution in [1.82, 2.24) is 9.80 Å². The molecule has 2 aromatic carbocycles. The summed E-state index contributed by atoms with van der Waals surface area (Å²) in [6.07, 6.45) is -6.78. The predicted octanol–water partition coefficient (Wildman–Crippen LogP) is 5.35. The molecule has 0 radical (unpaired) electrons. The molecule has 48 heavy (non-hydrogen) atoms. The van der Waals surface area contributed by atoms with Crippen LogP contribution in [0.3, 0.4) is 0 Å². The van der Waals surface area contributed by atoms with Crippen LogP contribution >= 0.6 is 0 Å². The SMILES string of the molecule is CC1(C)C(=O)N(c2ccc(C#N)c(C(F)(F)F)c2)C(=O)N1CC=CCN1C(=O)N(c2ccc(S(C)(=O)=O)c(C(F)(F)F)c2)C(=O)C1(C)C. The van der Waals surface area contributed by atoms with Gasteiger partial charge < -0.3 is 9.80 Å². The molecule has 256 valence electrons. The van der Waals surface area contributed by atoms with E-state index in [9.17, 15) is 53.9 Å². The first-order valence-electron chi connectivity index (χ1n) is 13.9. The molecule has 0 bridgehead atoms. The Morgan fingerprint density at radius 2 is 1.12 bits per heavy atom. The molecular weight excluding hydrogens is 672 g/mol. The normalized spacial score (nSPS) is 18.5. The van der Waals surface area contributed by atoms with Crippen molar-refractivity contribution in [2.45, 2.75) is 56.0 Å². The fourth-order valence-electron chi connectivity index (χ4n) is 5.30. The summed E-state index contributed by atoms with van der Waals surface area (Å²) in [5, 5.41) is 9.06. The van der Waals surface area contributed by atoms with E-state index in [0.29, 0.717) is 34.3 Å². The Kier molecular flexibility index (Phi) is 8.72. The number of nitrogens with zero attached hydrogens (tertiary/aromatic N) is 5. The summed E-state index contributed by atoms with van der Waals surface area (Å²) in [5.41, 5.74) is -7.64. The van der Waals surface area contributed by atoms with Gasteiger partial charge in [0.2, 0.25) is 0 Å². The van der Waals surface area contributed by atoms with Gasteiger partial charge in [-0.05, 0) is 64.1 Å². The Hall–Kier alpha value is -4.92. The fourth-order valence-corrected chi connectivity index (χ4v) is 6.19. The molecule has 2 aromatic rings. The van der Waals surface area contributed by atoms with E-state index < -0.39 is 90.1 Å². The number of anilines is 2. The smallest absolute Gasteiger partial charge is 0.306 e. The van der Waals surface area contributed by atoms with Crippen molar-refractivity contribution in [2.75, 3.05) is 29.1 Å². The van der Waals surface area contributed by atoms with Crippen molar-refractivity contribution >= 4 is 45.1 Å². The van der Waals surface area contributed by atoms with E-state index in [1.807, 2.05) is 0 Å². The number of halogens is 6. The summed E-state index contributed by atoms with van der Waals surface area (Å²) in [5.74, 6) is -1.75. The minimum atomic E-state index is -5.13. The average molecular weight is 700 g/mol. The molecule has 2 saturated heterocycles. The van der Waals surface area contributed by atoms with Crippen molar-refractivity contribution in [1.29, 1.82) is 5.26 Å². The highest BCUT2D eigenvalue weighted by atomic mass is 32.2. The van der Waals surface area contributed by atoms with E-state index in [2.05, 4.69) is 0 Å². The summed E-state index contributed by atoms with van der Waals surface area (Å²) in [7, 11) is -4.32. The Bertz CT molecular complexity index is 1910. The standard InChI is InChI=1S/C30H27F6N5O6S/c1-27(2)23(42)40(18-9-8-17(16-37)20(14-18)29(31,32)33)25(44)38(27)12-6-7-13-39-26(45)41(24(43)28(39,3)4)19-10-11-22(48(5,46)47)21(15-19)30(34,35)36/h6-11,14-15H,12-13H2,1-5H3. The van der Waals surface area contributed by atoms with Crippen LogP contribution in [0.25, 0.3) is 0 Å². The van der Waals surface area contributed by atoms with Crippen LogP contribution in [0.15, 0.2) is 53.4 Å². The van der Waals surface area contributed by atoms with E-state index in [0.717, 1.165) is 28.0 Å². The molecule has 0 aromatic heterocycles. The van der Waals surface area contributed by atoms with Gasteiger partial charge in [0, 0.05) is 19.3 Å². The van der Waals surface area contributed by atoms with Gasteiger partial charge in [-0.1, -0.05) is 12.2 Å². The van der Waals surface area contributed by atoms with Crippen molar-refractivity contribution in [3.05, 3.63) is 65.2 Å². The number of amides is 6. The lowest BCUT2D eigenvalue weighted by Gasteiger charge is -2.27. The van der Waals surface area contributed by atoms with Crippen LogP contribution in [-0.4, -0.2) is 72.5 Å². The van der Waals surface area contributed by atoms with E-state index in [4.69, 9.17) is 5.26 Å². The maximum atomic E-state index is 13.7. The largest absolute Gasteiger partial charge is 0.417 e. The van der Waals surface area contributed by atoms with E-state index in [1.165, 1.54) is 45.9 Å². The lowest BCUT2D eigenvalue weighted by Crippen LogP contribution is -2.45. The second-order valence-corrected chi connectivity index (χ2v) is 13.9. The number of alkyl halides is 6. The zero-order valence-electron chi connectivity index (χ0n) is 25.9. The lowest BCUT2D eigenvalue weighted by molar-refractivity contribution is -0.140. The first-order valence-corrected chi connectivity index (χ1v) is 15.8. The Morgan fingerprint density at radius 1 is 0.729 bits per heavy atom. The highest BCUT2D eigenvalue weighted by molar-refractivity contribution is 7.90. The monoisotopic (exact) mass is 699 g/mol. The molecule has 2 aliphatic heterocycles. The van der Waals surface area contributed by atoms with Crippen molar-refractivity contribution < 1.29 is 53.9 Å². The molecule has 11 nitrogen and oxygen atoms in total. The maximum absolute atomic E-state index is 13.7. The van der Waals surface area contributed by atoms with Gasteiger partial charge in [0.1, 0.15) is 11.1 Å². The molecule has 0 saturated carbocycles. The third-order valence-corrected chi connectivity index (χ3v) is 9.16. The van der Waals surface area contributed by atoms with Crippen molar-refractivity contribution in [3.63, 3.8) is 0 Å². The molecule has 0 atom stereocenters. The fraction of sp³-hybridized carbons (Fsp3) is 0.367. The second-order valence-electron chi connectivity index (χ2n) is 11.9. The number of carbonyl (C=O) groups is 4. The maximum Gasteiger partial charge on any atom is 0.417 e. The number of sulfone groups is 1.